The fourth-order valence-corrected chi connectivity index (χ4v) is 3.73. The highest BCUT2D eigenvalue weighted by Crippen LogP contribution is 2.31. The first-order chi connectivity index (χ1) is 13.4. The van der Waals surface area contributed by atoms with Gasteiger partial charge in [-0.05, 0) is 23.8 Å². The summed E-state index contributed by atoms with van der Waals surface area (Å²) in [6, 6.07) is 6.13. The molecule has 0 spiro atoms. The molecule has 3 aliphatic heterocycles. The maximum absolute atomic E-state index is 6.16. The molecule has 0 radical (unpaired) electrons. The third-order valence-corrected chi connectivity index (χ3v) is 5.17. The van der Waals surface area contributed by atoms with Gasteiger partial charge in [0.25, 0.3) is 0 Å². The Morgan fingerprint density at radius 1 is 1.04 bits per heavy atom. The van der Waals surface area contributed by atoms with E-state index in [2.05, 4.69) is 20.9 Å². The number of rotatable bonds is 4. The molecule has 0 saturated carbocycles. The molecule has 7 heteroatoms. The molecule has 140 valence electrons. The topological polar surface area (TPSA) is 69.1 Å². The van der Waals surface area contributed by atoms with E-state index >= 15 is 0 Å². The predicted molar refractivity (Wildman–Crippen MR) is 101 cm³/mol. The minimum absolute atomic E-state index is 0.0622. The first-order valence-corrected chi connectivity index (χ1v) is 9.45. The van der Waals surface area contributed by atoms with Crippen molar-refractivity contribution in [3.63, 3.8) is 0 Å². The summed E-state index contributed by atoms with van der Waals surface area (Å²) in [5.74, 6) is 1.62. The van der Waals surface area contributed by atoms with Gasteiger partial charge in [-0.3, -0.25) is 4.99 Å². The monoisotopic (exact) mass is 366 g/mol. The van der Waals surface area contributed by atoms with Crippen molar-refractivity contribution in [3.8, 4) is 5.88 Å². The van der Waals surface area contributed by atoms with Crippen LogP contribution in [0.3, 0.4) is 0 Å². The second kappa shape index (κ2) is 7.25. The van der Waals surface area contributed by atoms with Gasteiger partial charge in [0, 0.05) is 37.5 Å². The fourth-order valence-electron chi connectivity index (χ4n) is 3.73. The molecule has 1 unspecified atom stereocenters. The fraction of sp³-hybridized carbons (Fsp3) is 0.450. The van der Waals surface area contributed by atoms with Crippen molar-refractivity contribution in [1.82, 2.24) is 9.97 Å². The molecule has 0 aromatic carbocycles. The highest BCUT2D eigenvalue weighted by Gasteiger charge is 2.27. The van der Waals surface area contributed by atoms with E-state index in [1.165, 1.54) is 0 Å². The van der Waals surface area contributed by atoms with Crippen molar-refractivity contribution in [2.24, 2.45) is 4.99 Å². The normalized spacial score (nSPS) is 21.9. The number of morpholine rings is 1. The predicted octanol–water partition coefficient (Wildman–Crippen LogP) is 1.83. The van der Waals surface area contributed by atoms with E-state index in [4.69, 9.17) is 19.2 Å². The molecule has 0 aliphatic carbocycles. The lowest BCUT2D eigenvalue weighted by Gasteiger charge is -2.28. The van der Waals surface area contributed by atoms with Crippen molar-refractivity contribution in [2.75, 3.05) is 44.4 Å². The Morgan fingerprint density at radius 2 is 1.93 bits per heavy atom. The summed E-state index contributed by atoms with van der Waals surface area (Å²) in [4.78, 5) is 16.1. The van der Waals surface area contributed by atoms with Crippen molar-refractivity contribution in [3.05, 3.63) is 47.3 Å². The lowest BCUT2D eigenvalue weighted by Crippen LogP contribution is -2.36. The number of hydrogen-bond donors (Lipinski definition) is 0. The molecule has 5 heterocycles. The summed E-state index contributed by atoms with van der Waals surface area (Å²) < 4.78 is 17.0. The maximum Gasteiger partial charge on any atom is 0.223 e. The van der Waals surface area contributed by atoms with E-state index in [1.54, 1.807) is 6.20 Å². The molecule has 7 nitrogen and oxygen atoms in total. The van der Waals surface area contributed by atoms with Gasteiger partial charge in [0.2, 0.25) is 5.88 Å². The third kappa shape index (κ3) is 3.28. The first-order valence-electron chi connectivity index (χ1n) is 9.45. The summed E-state index contributed by atoms with van der Waals surface area (Å²) in [6.45, 7) is 5.21. The molecule has 3 aliphatic rings. The molecule has 2 aromatic rings. The molecule has 0 amide bonds. The highest BCUT2D eigenvalue weighted by atomic mass is 16.5. The lowest BCUT2D eigenvalue weighted by molar-refractivity contribution is 0.122. The second-order valence-electron chi connectivity index (χ2n) is 6.92. The van der Waals surface area contributed by atoms with Crippen LogP contribution in [0, 0.1) is 0 Å². The van der Waals surface area contributed by atoms with Crippen LogP contribution in [0.4, 0.5) is 5.82 Å². The van der Waals surface area contributed by atoms with Crippen LogP contribution in [-0.4, -0.2) is 61.3 Å². The average Bonchev–Trinajstić information content (AvgIpc) is 3.39. The summed E-state index contributed by atoms with van der Waals surface area (Å²) in [7, 11) is 0. The molecular formula is C20H22N4O3. The summed E-state index contributed by atoms with van der Waals surface area (Å²) in [5, 5.41) is 0. The molecule has 2 aromatic heterocycles. The summed E-state index contributed by atoms with van der Waals surface area (Å²) in [5.41, 5.74) is 4.14. The van der Waals surface area contributed by atoms with E-state index in [9.17, 15) is 0 Å². The molecule has 2 fully saturated rings. The van der Waals surface area contributed by atoms with Crippen LogP contribution in [0.15, 0.2) is 35.6 Å². The second-order valence-corrected chi connectivity index (χ2v) is 6.92. The van der Waals surface area contributed by atoms with Crippen LogP contribution in [0.5, 0.6) is 5.88 Å². The molecule has 27 heavy (non-hydrogen) atoms. The van der Waals surface area contributed by atoms with Gasteiger partial charge >= 0.3 is 0 Å². The maximum atomic E-state index is 6.16. The van der Waals surface area contributed by atoms with Crippen LogP contribution in [0.25, 0.3) is 0 Å². The number of nitrogens with zero attached hydrogens (tertiary/aromatic N) is 4. The Kier molecular flexibility index (Phi) is 4.47. The first kappa shape index (κ1) is 16.6. The van der Waals surface area contributed by atoms with Gasteiger partial charge in [0.05, 0.1) is 44.2 Å². The zero-order valence-corrected chi connectivity index (χ0v) is 15.1. The van der Waals surface area contributed by atoms with Gasteiger partial charge in [0.1, 0.15) is 11.9 Å². The number of fused-ring (bicyclic) bond motifs is 1. The number of pyridine rings is 2. The summed E-state index contributed by atoms with van der Waals surface area (Å²) >= 11 is 0. The molecule has 0 N–H and O–H groups in total. The van der Waals surface area contributed by atoms with Gasteiger partial charge in [-0.25, -0.2) is 9.97 Å². The molecule has 2 saturated heterocycles. The van der Waals surface area contributed by atoms with Gasteiger partial charge in [-0.2, -0.15) is 0 Å². The zero-order chi connectivity index (χ0) is 18.1. The van der Waals surface area contributed by atoms with Crippen molar-refractivity contribution in [1.29, 1.82) is 0 Å². The van der Waals surface area contributed by atoms with Crippen molar-refractivity contribution < 1.29 is 14.2 Å². The van der Waals surface area contributed by atoms with E-state index in [0.717, 1.165) is 67.6 Å². The molecular weight excluding hydrogens is 344 g/mol. The van der Waals surface area contributed by atoms with E-state index in [-0.39, 0.29) is 6.10 Å². The van der Waals surface area contributed by atoms with Crippen LogP contribution < -0.4 is 9.64 Å². The largest absolute Gasteiger partial charge is 0.471 e. The van der Waals surface area contributed by atoms with Gasteiger partial charge in [-0.1, -0.05) is 0 Å². The SMILES string of the molecule is c1cc(C2=NCc3ccnc(OC4CCOC4)c32)cc(N2CCOCC2)n1. The standard InChI is InChI=1S/C20H22N4O3/c1-4-21-17(24-6-9-25-10-7-24)11-14(1)19-18-15(12-23-19)2-5-22-20(18)27-16-3-8-26-13-16/h1-2,4-5,11,16H,3,6-10,12-13H2. The number of ether oxygens (including phenoxy) is 3. The van der Waals surface area contributed by atoms with E-state index in [0.29, 0.717) is 19.0 Å². The van der Waals surface area contributed by atoms with E-state index < -0.39 is 0 Å². The summed E-state index contributed by atoms with van der Waals surface area (Å²) in [6.07, 6.45) is 4.61. The zero-order valence-electron chi connectivity index (χ0n) is 15.1. The number of anilines is 1. The van der Waals surface area contributed by atoms with Crippen molar-refractivity contribution >= 4 is 11.5 Å². The minimum Gasteiger partial charge on any atom is -0.471 e. The average molecular weight is 366 g/mol. The van der Waals surface area contributed by atoms with Crippen LogP contribution in [0.1, 0.15) is 23.1 Å². The van der Waals surface area contributed by atoms with Crippen LogP contribution in [0.2, 0.25) is 0 Å². The lowest BCUT2D eigenvalue weighted by atomic mass is 10.0. The Labute approximate surface area is 158 Å². The number of hydrogen-bond acceptors (Lipinski definition) is 7. The van der Waals surface area contributed by atoms with Crippen LogP contribution >= 0.6 is 0 Å². The Hall–Kier alpha value is -2.51. The number of aliphatic imine (C=N–C) groups is 1. The third-order valence-electron chi connectivity index (χ3n) is 5.17. The van der Waals surface area contributed by atoms with Crippen LogP contribution in [-0.2, 0) is 16.0 Å². The highest BCUT2D eigenvalue weighted by molar-refractivity contribution is 6.16. The quantitative estimate of drug-likeness (QED) is 0.822. The van der Waals surface area contributed by atoms with Gasteiger partial charge in [-0.15, -0.1) is 0 Å². The smallest absolute Gasteiger partial charge is 0.223 e. The molecule has 1 atom stereocenters. The van der Waals surface area contributed by atoms with Gasteiger partial charge < -0.3 is 19.1 Å². The minimum atomic E-state index is 0.0622. The van der Waals surface area contributed by atoms with E-state index in [1.807, 2.05) is 18.3 Å². The Balaban J connectivity index is 1.46. The van der Waals surface area contributed by atoms with Crippen molar-refractivity contribution in [2.45, 2.75) is 19.1 Å². The Morgan fingerprint density at radius 3 is 2.78 bits per heavy atom. The molecule has 5 rings (SSSR count). The Bertz CT molecular complexity index is 858. The molecule has 0 bridgehead atoms. The van der Waals surface area contributed by atoms with Gasteiger partial charge in [0.15, 0.2) is 0 Å². The number of aromatic nitrogens is 2.